The normalized spacial score (nSPS) is 13.8. The Labute approximate surface area is 239 Å². The van der Waals surface area contributed by atoms with Gasteiger partial charge >= 0.3 is 0 Å². The van der Waals surface area contributed by atoms with Gasteiger partial charge in [0.25, 0.3) is 5.91 Å². The van der Waals surface area contributed by atoms with Crippen molar-refractivity contribution in [1.29, 1.82) is 0 Å². The largest absolute Gasteiger partial charge is 0.494 e. The Kier molecular flexibility index (Phi) is 9.21. The summed E-state index contributed by atoms with van der Waals surface area (Å²) in [6.45, 7) is 14.1. The Morgan fingerprint density at radius 2 is 1.85 bits per heavy atom. The van der Waals surface area contributed by atoms with Crippen LogP contribution in [0.15, 0.2) is 67.0 Å². The van der Waals surface area contributed by atoms with Crippen LogP contribution in [0.4, 0.5) is 0 Å². The van der Waals surface area contributed by atoms with E-state index in [1.165, 1.54) is 11.8 Å². The van der Waals surface area contributed by atoms with E-state index in [0.29, 0.717) is 18.7 Å². The van der Waals surface area contributed by atoms with Crippen molar-refractivity contribution in [1.82, 2.24) is 14.5 Å². The second-order valence-electron chi connectivity index (χ2n) is 12.3. The van der Waals surface area contributed by atoms with E-state index in [1.54, 1.807) is 0 Å². The van der Waals surface area contributed by atoms with Gasteiger partial charge in [-0.2, -0.15) is 0 Å². The molecule has 2 atom stereocenters. The third kappa shape index (κ3) is 7.23. The minimum atomic E-state index is -2.12. The van der Waals surface area contributed by atoms with Gasteiger partial charge in [-0.15, -0.1) is 0 Å². The average Bonchev–Trinajstić information content (AvgIpc) is 3.56. The standard InChI is InChI=1S/C32H44N4O3Si/c1-23(31-34-22-27(35-31)30(33)37)20-29(39-40(5,6)32(2,3)4)36-18-17-25-15-16-26(21-28(25)36)38-19-11-10-14-24-12-8-7-9-13-24/h7-9,12-13,15-18,21-23,29H,10-11,14,19-20H2,1-6H3,(H2,33,37)(H,34,35). The molecule has 214 valence electrons. The molecule has 2 unspecified atom stereocenters. The van der Waals surface area contributed by atoms with E-state index in [-0.39, 0.29) is 17.2 Å². The summed E-state index contributed by atoms with van der Waals surface area (Å²) in [5.41, 5.74) is 8.21. The van der Waals surface area contributed by atoms with Crippen molar-refractivity contribution in [3.63, 3.8) is 0 Å². The van der Waals surface area contributed by atoms with E-state index in [0.717, 1.165) is 41.7 Å². The number of aromatic nitrogens is 3. The first kappa shape index (κ1) is 29.6. The average molecular weight is 561 g/mol. The Bertz CT molecular complexity index is 1400. The van der Waals surface area contributed by atoms with Gasteiger partial charge in [0.1, 0.15) is 23.5 Å². The number of nitrogens with one attached hydrogen (secondary N) is 1. The molecule has 0 saturated heterocycles. The second-order valence-corrected chi connectivity index (χ2v) is 17.0. The third-order valence-electron chi connectivity index (χ3n) is 8.10. The number of aryl methyl sites for hydroxylation is 1. The van der Waals surface area contributed by atoms with Gasteiger partial charge in [0, 0.05) is 24.6 Å². The summed E-state index contributed by atoms with van der Waals surface area (Å²) in [6, 6.07) is 19.0. The van der Waals surface area contributed by atoms with E-state index in [4.69, 9.17) is 14.9 Å². The smallest absolute Gasteiger partial charge is 0.266 e. The number of carbonyl (C=O) groups excluding carboxylic acids is 1. The highest BCUT2D eigenvalue weighted by atomic mass is 28.4. The highest BCUT2D eigenvalue weighted by molar-refractivity contribution is 6.74. The highest BCUT2D eigenvalue weighted by Crippen LogP contribution is 2.41. The van der Waals surface area contributed by atoms with Crippen molar-refractivity contribution in [2.45, 2.75) is 83.7 Å². The van der Waals surface area contributed by atoms with E-state index in [1.807, 2.05) is 6.07 Å². The quantitative estimate of drug-likeness (QED) is 0.130. The number of hydrogen-bond acceptors (Lipinski definition) is 4. The number of imidazole rings is 1. The first-order valence-electron chi connectivity index (χ1n) is 14.2. The molecule has 0 spiro atoms. The summed E-state index contributed by atoms with van der Waals surface area (Å²) >= 11 is 0. The predicted molar refractivity (Wildman–Crippen MR) is 164 cm³/mol. The number of amides is 1. The molecule has 0 aliphatic rings. The van der Waals surface area contributed by atoms with E-state index >= 15 is 0 Å². The second kappa shape index (κ2) is 12.4. The van der Waals surface area contributed by atoms with Crippen molar-refractivity contribution in [2.24, 2.45) is 5.73 Å². The first-order valence-corrected chi connectivity index (χ1v) is 17.2. The molecule has 2 heterocycles. The molecule has 1 amide bonds. The van der Waals surface area contributed by atoms with Gasteiger partial charge in [0.05, 0.1) is 18.3 Å². The van der Waals surface area contributed by atoms with Gasteiger partial charge in [0.15, 0.2) is 8.32 Å². The summed E-state index contributed by atoms with van der Waals surface area (Å²) in [4.78, 5) is 19.1. The van der Waals surface area contributed by atoms with Crippen LogP contribution >= 0.6 is 0 Å². The van der Waals surface area contributed by atoms with Gasteiger partial charge in [0.2, 0.25) is 0 Å². The molecule has 3 N–H and O–H groups in total. The highest BCUT2D eigenvalue weighted by Gasteiger charge is 2.40. The number of benzene rings is 2. The van der Waals surface area contributed by atoms with E-state index < -0.39 is 14.2 Å². The molecule has 2 aromatic carbocycles. The van der Waals surface area contributed by atoms with Crippen molar-refractivity contribution in [3.8, 4) is 5.75 Å². The summed E-state index contributed by atoms with van der Waals surface area (Å²) in [6.07, 6.45) is 7.24. The summed E-state index contributed by atoms with van der Waals surface area (Å²) in [5.74, 6) is 1.10. The predicted octanol–water partition coefficient (Wildman–Crippen LogP) is 7.58. The number of aromatic amines is 1. The van der Waals surface area contributed by atoms with Crippen molar-refractivity contribution < 1.29 is 14.0 Å². The zero-order chi connectivity index (χ0) is 28.9. The number of primary amides is 1. The number of nitrogens with two attached hydrogens (primary N) is 1. The molecular formula is C32H44N4O3Si. The minimum absolute atomic E-state index is 0.0179. The minimum Gasteiger partial charge on any atom is -0.494 e. The number of H-pyrrole nitrogens is 1. The van der Waals surface area contributed by atoms with Crippen LogP contribution < -0.4 is 10.5 Å². The first-order chi connectivity index (χ1) is 18.9. The van der Waals surface area contributed by atoms with Crippen molar-refractivity contribution in [2.75, 3.05) is 6.61 Å². The van der Waals surface area contributed by atoms with Crippen LogP contribution in [-0.4, -0.2) is 35.4 Å². The van der Waals surface area contributed by atoms with Crippen LogP contribution in [-0.2, 0) is 10.8 Å². The fraction of sp³-hybridized carbons (Fsp3) is 0.438. The van der Waals surface area contributed by atoms with Crippen LogP contribution in [0.3, 0.4) is 0 Å². The molecule has 0 aliphatic heterocycles. The number of nitrogens with zero attached hydrogens (tertiary/aromatic N) is 2. The summed E-state index contributed by atoms with van der Waals surface area (Å²) in [5, 5.41) is 1.19. The lowest BCUT2D eigenvalue weighted by Crippen LogP contribution is -2.43. The van der Waals surface area contributed by atoms with E-state index in [2.05, 4.69) is 110 Å². The lowest BCUT2D eigenvalue weighted by atomic mass is 10.1. The number of rotatable bonds is 13. The zero-order valence-electron chi connectivity index (χ0n) is 24.7. The molecule has 40 heavy (non-hydrogen) atoms. The SMILES string of the molecule is CC(CC(O[Si](C)(C)C(C)(C)C)n1ccc2ccc(OCCCCc3ccccc3)cc21)c1ncc(C(N)=O)[nH]1. The molecule has 0 bridgehead atoms. The maximum absolute atomic E-state index is 11.6. The van der Waals surface area contributed by atoms with E-state index in [9.17, 15) is 4.79 Å². The summed E-state index contributed by atoms with van der Waals surface area (Å²) in [7, 11) is -2.12. The molecule has 0 fully saturated rings. The van der Waals surface area contributed by atoms with Crippen LogP contribution in [0, 0.1) is 0 Å². The van der Waals surface area contributed by atoms with Gasteiger partial charge in [-0.05, 0) is 66.5 Å². The van der Waals surface area contributed by atoms with Gasteiger partial charge in [-0.25, -0.2) is 4.98 Å². The monoisotopic (exact) mass is 560 g/mol. The Morgan fingerprint density at radius 1 is 1.10 bits per heavy atom. The van der Waals surface area contributed by atoms with Gasteiger partial charge in [-0.1, -0.05) is 58.0 Å². The molecule has 4 aromatic rings. The number of unbranched alkanes of at least 4 members (excludes halogenated alkanes) is 1. The molecule has 2 aromatic heterocycles. The fourth-order valence-electron chi connectivity index (χ4n) is 4.60. The number of hydrogen-bond donors (Lipinski definition) is 2. The van der Waals surface area contributed by atoms with Crippen LogP contribution in [0.1, 0.15) is 81.0 Å². The van der Waals surface area contributed by atoms with Crippen molar-refractivity contribution in [3.05, 3.63) is 84.1 Å². The Morgan fingerprint density at radius 3 is 2.52 bits per heavy atom. The van der Waals surface area contributed by atoms with Crippen LogP contribution in [0.2, 0.25) is 18.1 Å². The summed E-state index contributed by atoms with van der Waals surface area (Å²) < 4.78 is 15.4. The van der Waals surface area contributed by atoms with Crippen LogP contribution in [0.5, 0.6) is 5.75 Å². The molecule has 0 saturated carbocycles. The molecule has 0 aliphatic carbocycles. The lowest BCUT2D eigenvalue weighted by molar-refractivity contribution is 0.0995. The molecule has 0 radical (unpaired) electrons. The van der Waals surface area contributed by atoms with Gasteiger partial charge in [-0.3, -0.25) is 4.79 Å². The topological polar surface area (TPSA) is 95.2 Å². The molecular weight excluding hydrogens is 516 g/mol. The Hall–Kier alpha value is -3.36. The third-order valence-corrected chi connectivity index (χ3v) is 12.6. The Balaban J connectivity index is 1.52. The van der Waals surface area contributed by atoms with Gasteiger partial charge < -0.3 is 24.4 Å². The molecule has 8 heteroatoms. The number of ether oxygens (including phenoxy) is 1. The zero-order valence-corrected chi connectivity index (χ0v) is 25.7. The fourth-order valence-corrected chi connectivity index (χ4v) is 5.84. The maximum atomic E-state index is 11.6. The number of fused-ring (bicyclic) bond motifs is 1. The van der Waals surface area contributed by atoms with Crippen LogP contribution in [0.25, 0.3) is 10.9 Å². The number of carbonyl (C=O) groups is 1. The molecule has 4 rings (SSSR count). The van der Waals surface area contributed by atoms with Crippen molar-refractivity contribution >= 4 is 25.1 Å². The molecule has 7 nitrogen and oxygen atoms in total. The lowest BCUT2D eigenvalue weighted by Gasteiger charge is -2.40. The maximum Gasteiger partial charge on any atom is 0.266 e.